The van der Waals surface area contributed by atoms with E-state index < -0.39 is 11.7 Å². The molecule has 1 saturated heterocycles. The minimum absolute atomic E-state index is 0.0268. The third-order valence-electron chi connectivity index (χ3n) is 3.13. The summed E-state index contributed by atoms with van der Waals surface area (Å²) in [5, 5.41) is 0. The van der Waals surface area contributed by atoms with Crippen molar-refractivity contribution in [1.82, 2.24) is 4.98 Å². The van der Waals surface area contributed by atoms with Crippen LogP contribution in [-0.4, -0.2) is 17.6 Å². The summed E-state index contributed by atoms with van der Waals surface area (Å²) in [7, 11) is 0. The fraction of sp³-hybridized carbons (Fsp3) is 0.545. The van der Waals surface area contributed by atoms with Crippen molar-refractivity contribution in [3.8, 4) is 0 Å². The number of nitrogen functional groups attached to an aromatic ring is 1. The Balaban J connectivity index is 2.41. The highest BCUT2D eigenvalue weighted by molar-refractivity contribution is 5.51. The number of alkyl halides is 3. The number of nitrogens with two attached hydrogens (primary N) is 1. The van der Waals surface area contributed by atoms with Gasteiger partial charge in [0.15, 0.2) is 0 Å². The average Bonchev–Trinajstić information content (AvgIpc) is 2.73. The summed E-state index contributed by atoms with van der Waals surface area (Å²) in [5.41, 5.74) is 1.44. The maximum Gasteiger partial charge on any atom is 0.416 e. The smallest absolute Gasteiger partial charge is 0.354 e. The normalized spacial score (nSPS) is 20.3. The number of pyridine rings is 1. The van der Waals surface area contributed by atoms with Gasteiger partial charge in [-0.3, -0.25) is 0 Å². The van der Waals surface area contributed by atoms with Crippen LogP contribution in [0.4, 0.5) is 24.8 Å². The summed E-state index contributed by atoms with van der Waals surface area (Å²) in [6, 6.07) is 2.18. The van der Waals surface area contributed by atoms with E-state index in [-0.39, 0.29) is 11.9 Å². The second-order valence-electron chi connectivity index (χ2n) is 4.43. The summed E-state index contributed by atoms with van der Waals surface area (Å²) in [5.74, 6) is 5.51. The number of anilines is 2. The lowest BCUT2D eigenvalue weighted by atomic mass is 10.2. The van der Waals surface area contributed by atoms with E-state index in [9.17, 15) is 13.2 Å². The Morgan fingerprint density at radius 3 is 2.67 bits per heavy atom. The molecule has 1 atom stereocenters. The van der Waals surface area contributed by atoms with Crippen LogP contribution in [0.15, 0.2) is 12.1 Å². The molecule has 1 aromatic rings. The lowest BCUT2D eigenvalue weighted by molar-refractivity contribution is -0.137. The van der Waals surface area contributed by atoms with Gasteiger partial charge in [0.2, 0.25) is 0 Å². The molecule has 1 aliphatic rings. The first-order valence-electron chi connectivity index (χ1n) is 5.74. The Bertz CT molecular complexity index is 433. The molecule has 2 rings (SSSR count). The largest absolute Gasteiger partial charge is 0.416 e. The summed E-state index contributed by atoms with van der Waals surface area (Å²) < 4.78 is 38.3. The highest BCUT2D eigenvalue weighted by atomic mass is 19.4. The van der Waals surface area contributed by atoms with Gasteiger partial charge in [0.05, 0.1) is 5.56 Å². The molecule has 1 unspecified atom stereocenters. The molecule has 0 spiro atoms. The van der Waals surface area contributed by atoms with Crippen molar-refractivity contribution >= 4 is 11.6 Å². The molecule has 1 fully saturated rings. The fourth-order valence-corrected chi connectivity index (χ4v) is 2.17. The minimum Gasteiger partial charge on any atom is -0.354 e. The van der Waals surface area contributed by atoms with Crippen molar-refractivity contribution in [1.29, 1.82) is 0 Å². The molecule has 18 heavy (non-hydrogen) atoms. The first-order chi connectivity index (χ1) is 8.41. The summed E-state index contributed by atoms with van der Waals surface area (Å²) >= 11 is 0. The van der Waals surface area contributed by atoms with Crippen LogP contribution in [-0.2, 0) is 6.18 Å². The second-order valence-corrected chi connectivity index (χ2v) is 4.43. The van der Waals surface area contributed by atoms with Crippen LogP contribution in [0.1, 0.15) is 25.3 Å². The quantitative estimate of drug-likeness (QED) is 0.633. The van der Waals surface area contributed by atoms with Crippen LogP contribution in [0, 0.1) is 0 Å². The number of hydrogen-bond donors (Lipinski definition) is 2. The summed E-state index contributed by atoms with van der Waals surface area (Å²) in [4.78, 5) is 5.96. The van der Waals surface area contributed by atoms with Gasteiger partial charge in [0, 0.05) is 12.6 Å². The first-order valence-corrected chi connectivity index (χ1v) is 5.74. The van der Waals surface area contributed by atoms with Crippen LogP contribution < -0.4 is 16.2 Å². The molecule has 2 heterocycles. The van der Waals surface area contributed by atoms with Crippen LogP contribution in [0.3, 0.4) is 0 Å². The van der Waals surface area contributed by atoms with Crippen molar-refractivity contribution in [2.45, 2.75) is 32.0 Å². The van der Waals surface area contributed by atoms with Gasteiger partial charge in [-0.15, -0.1) is 0 Å². The molecule has 0 aromatic carbocycles. The molecule has 100 valence electrons. The third-order valence-corrected chi connectivity index (χ3v) is 3.13. The Morgan fingerprint density at radius 1 is 1.44 bits per heavy atom. The second kappa shape index (κ2) is 4.64. The van der Waals surface area contributed by atoms with Gasteiger partial charge >= 0.3 is 6.18 Å². The van der Waals surface area contributed by atoms with E-state index in [1.165, 1.54) is 0 Å². The van der Waals surface area contributed by atoms with E-state index in [1.54, 1.807) is 0 Å². The number of halogens is 3. The fourth-order valence-electron chi connectivity index (χ4n) is 2.17. The number of hydrazine groups is 1. The molecule has 1 aliphatic heterocycles. The van der Waals surface area contributed by atoms with Gasteiger partial charge in [-0.2, -0.15) is 13.2 Å². The van der Waals surface area contributed by atoms with E-state index in [0.717, 1.165) is 31.5 Å². The number of nitrogens with zero attached hydrogens (tertiary/aromatic N) is 2. The molecule has 0 aliphatic carbocycles. The molecule has 0 radical (unpaired) electrons. The molecular weight excluding hydrogens is 245 g/mol. The Hall–Kier alpha value is -1.50. The molecule has 3 N–H and O–H groups in total. The highest BCUT2D eigenvalue weighted by Crippen LogP contribution is 2.34. The van der Waals surface area contributed by atoms with Crippen LogP contribution in [0.5, 0.6) is 0 Å². The highest BCUT2D eigenvalue weighted by Gasteiger charge is 2.33. The maximum atomic E-state index is 12.8. The van der Waals surface area contributed by atoms with E-state index in [2.05, 4.69) is 10.4 Å². The molecule has 0 bridgehead atoms. The van der Waals surface area contributed by atoms with Gasteiger partial charge in [0.25, 0.3) is 0 Å². The molecular formula is C11H15F3N4. The van der Waals surface area contributed by atoms with Crippen molar-refractivity contribution in [2.75, 3.05) is 16.9 Å². The lowest BCUT2D eigenvalue weighted by Crippen LogP contribution is -2.28. The maximum absolute atomic E-state index is 12.8. The average molecular weight is 260 g/mol. The zero-order valence-corrected chi connectivity index (χ0v) is 9.96. The topological polar surface area (TPSA) is 54.2 Å². The van der Waals surface area contributed by atoms with Crippen LogP contribution >= 0.6 is 0 Å². The van der Waals surface area contributed by atoms with Crippen LogP contribution in [0.25, 0.3) is 0 Å². The van der Waals surface area contributed by atoms with E-state index in [4.69, 9.17) is 5.84 Å². The number of aromatic nitrogens is 1. The molecule has 1 aromatic heterocycles. The number of nitrogens with one attached hydrogen (secondary N) is 1. The molecule has 4 nitrogen and oxygen atoms in total. The Morgan fingerprint density at radius 2 is 2.17 bits per heavy atom. The summed E-state index contributed by atoms with van der Waals surface area (Å²) in [6.45, 7) is 2.70. The van der Waals surface area contributed by atoms with Crippen molar-refractivity contribution in [3.63, 3.8) is 0 Å². The summed E-state index contributed by atoms with van der Waals surface area (Å²) in [6.07, 6.45) is -2.47. The zero-order chi connectivity index (χ0) is 13.3. The monoisotopic (exact) mass is 260 g/mol. The molecule has 7 heteroatoms. The van der Waals surface area contributed by atoms with E-state index in [0.29, 0.717) is 5.82 Å². The third kappa shape index (κ3) is 2.50. The van der Waals surface area contributed by atoms with Gasteiger partial charge in [0.1, 0.15) is 11.6 Å². The number of hydrogen-bond acceptors (Lipinski definition) is 4. The van der Waals surface area contributed by atoms with E-state index >= 15 is 0 Å². The molecule has 0 amide bonds. The molecule has 0 saturated carbocycles. The zero-order valence-electron chi connectivity index (χ0n) is 9.96. The van der Waals surface area contributed by atoms with Gasteiger partial charge in [-0.05, 0) is 31.9 Å². The first kappa shape index (κ1) is 12.9. The Labute approximate surface area is 103 Å². The van der Waals surface area contributed by atoms with Crippen LogP contribution in [0.2, 0.25) is 0 Å². The lowest BCUT2D eigenvalue weighted by Gasteiger charge is -2.24. The Kier molecular flexibility index (Phi) is 3.34. The van der Waals surface area contributed by atoms with Crippen molar-refractivity contribution in [3.05, 3.63) is 17.7 Å². The number of rotatable bonds is 2. The van der Waals surface area contributed by atoms with Crippen molar-refractivity contribution < 1.29 is 13.2 Å². The van der Waals surface area contributed by atoms with Gasteiger partial charge in [-0.25, -0.2) is 10.8 Å². The van der Waals surface area contributed by atoms with Gasteiger partial charge in [-0.1, -0.05) is 0 Å². The van der Waals surface area contributed by atoms with Crippen molar-refractivity contribution in [2.24, 2.45) is 5.84 Å². The SMILES string of the molecule is CC1CCCN1c1cc(C(F)(F)F)cc(NN)n1. The minimum atomic E-state index is -4.40. The van der Waals surface area contributed by atoms with Gasteiger partial charge < -0.3 is 10.3 Å². The predicted octanol–water partition coefficient (Wildman–Crippen LogP) is 2.37. The predicted molar refractivity (Wildman–Crippen MR) is 63.1 cm³/mol. The van der Waals surface area contributed by atoms with E-state index in [1.807, 2.05) is 11.8 Å². The standard InChI is InChI=1S/C11H15F3N4/c1-7-3-2-4-18(7)10-6-8(11(12,13)14)5-9(16-10)17-15/h5-7H,2-4,15H2,1H3,(H,16,17).